The molecule has 1 saturated heterocycles. The molecular formula is C18H22ClN3O3. The van der Waals surface area contributed by atoms with Crippen LogP contribution < -0.4 is 10.6 Å². The molecule has 1 aromatic heterocycles. The number of carbonyl (C=O) groups excluding carboxylic acids is 2. The number of aryl methyl sites for hydroxylation is 2. The van der Waals surface area contributed by atoms with Crippen molar-refractivity contribution in [3.63, 3.8) is 0 Å². The van der Waals surface area contributed by atoms with Gasteiger partial charge in [0.25, 0.3) is 0 Å². The topological polar surface area (TPSA) is 74.6 Å². The Labute approximate surface area is 151 Å². The fraction of sp³-hybridized carbons (Fsp3) is 0.444. The zero-order valence-electron chi connectivity index (χ0n) is 14.6. The van der Waals surface area contributed by atoms with Crippen LogP contribution in [0.4, 0.5) is 10.5 Å². The summed E-state index contributed by atoms with van der Waals surface area (Å²) >= 11 is 6.32. The van der Waals surface area contributed by atoms with E-state index in [1.807, 2.05) is 19.9 Å². The zero-order chi connectivity index (χ0) is 18.1. The van der Waals surface area contributed by atoms with E-state index in [4.69, 9.17) is 16.0 Å². The fourth-order valence-electron chi connectivity index (χ4n) is 3.29. The van der Waals surface area contributed by atoms with Crippen molar-refractivity contribution in [2.45, 2.75) is 39.7 Å². The van der Waals surface area contributed by atoms with Gasteiger partial charge in [-0.05, 0) is 31.0 Å². The van der Waals surface area contributed by atoms with Crippen molar-refractivity contribution in [2.24, 2.45) is 0 Å². The number of fused-ring (bicyclic) bond motifs is 1. The highest BCUT2D eigenvalue weighted by Gasteiger charge is 2.27. The van der Waals surface area contributed by atoms with E-state index in [0.717, 1.165) is 29.6 Å². The van der Waals surface area contributed by atoms with Crippen LogP contribution in [0.1, 0.15) is 31.6 Å². The molecule has 0 unspecified atom stereocenters. The molecule has 1 aliphatic heterocycles. The quantitative estimate of drug-likeness (QED) is 0.873. The summed E-state index contributed by atoms with van der Waals surface area (Å²) in [5.74, 6) is 0.824. The van der Waals surface area contributed by atoms with Gasteiger partial charge in [0, 0.05) is 43.5 Å². The number of rotatable bonds is 3. The molecule has 0 spiro atoms. The second kappa shape index (κ2) is 6.96. The van der Waals surface area contributed by atoms with Crippen molar-refractivity contribution < 1.29 is 14.0 Å². The first kappa shape index (κ1) is 17.6. The van der Waals surface area contributed by atoms with Gasteiger partial charge in [0.2, 0.25) is 5.91 Å². The molecule has 25 heavy (non-hydrogen) atoms. The van der Waals surface area contributed by atoms with Gasteiger partial charge in [-0.3, -0.25) is 4.79 Å². The minimum atomic E-state index is -0.194. The maximum absolute atomic E-state index is 12.5. The monoisotopic (exact) mass is 363 g/mol. The second-order valence-corrected chi connectivity index (χ2v) is 6.81. The highest BCUT2D eigenvalue weighted by Crippen LogP contribution is 2.34. The average Bonchev–Trinajstić information content (AvgIpc) is 3.12. The fourth-order valence-corrected chi connectivity index (χ4v) is 3.55. The van der Waals surface area contributed by atoms with Crippen LogP contribution in [0.3, 0.4) is 0 Å². The normalized spacial score (nSPS) is 17.1. The Hall–Kier alpha value is -2.21. The Morgan fingerprint density at radius 1 is 1.40 bits per heavy atom. The van der Waals surface area contributed by atoms with Crippen molar-refractivity contribution in [1.29, 1.82) is 0 Å². The standard InChI is InChI=1S/C18H22ClN3O3/c1-4-16-10(2)14-7-13(8-15(19)17(14)25-16)21-18(24)22-6-5-12(9-22)20-11(3)23/h7-8,12H,4-6,9H2,1-3H3,(H,20,23)(H,21,24)/t12-/m1/s1. The van der Waals surface area contributed by atoms with E-state index in [1.165, 1.54) is 6.92 Å². The number of likely N-dealkylation sites (tertiary alicyclic amines) is 1. The minimum absolute atomic E-state index is 0.0116. The van der Waals surface area contributed by atoms with E-state index in [1.54, 1.807) is 11.0 Å². The highest BCUT2D eigenvalue weighted by molar-refractivity contribution is 6.35. The molecule has 0 radical (unpaired) electrons. The van der Waals surface area contributed by atoms with E-state index in [0.29, 0.717) is 29.4 Å². The first-order valence-corrected chi connectivity index (χ1v) is 8.81. The van der Waals surface area contributed by atoms with Gasteiger partial charge in [-0.15, -0.1) is 0 Å². The zero-order valence-corrected chi connectivity index (χ0v) is 15.4. The molecule has 1 atom stereocenters. The average molecular weight is 364 g/mol. The van der Waals surface area contributed by atoms with Gasteiger partial charge in [-0.2, -0.15) is 0 Å². The number of carbonyl (C=O) groups is 2. The lowest BCUT2D eigenvalue weighted by Crippen LogP contribution is -2.38. The van der Waals surface area contributed by atoms with Crippen LogP contribution in [-0.2, 0) is 11.2 Å². The molecule has 3 amide bonds. The molecule has 3 rings (SSSR count). The lowest BCUT2D eigenvalue weighted by molar-refractivity contribution is -0.119. The first-order valence-electron chi connectivity index (χ1n) is 8.43. The highest BCUT2D eigenvalue weighted by atomic mass is 35.5. The number of benzene rings is 1. The number of nitrogens with zero attached hydrogens (tertiary/aromatic N) is 1. The Bertz CT molecular complexity index is 831. The number of hydrogen-bond acceptors (Lipinski definition) is 3. The van der Waals surface area contributed by atoms with E-state index in [9.17, 15) is 9.59 Å². The largest absolute Gasteiger partial charge is 0.459 e. The predicted molar refractivity (Wildman–Crippen MR) is 98.2 cm³/mol. The number of anilines is 1. The SMILES string of the molecule is CCc1oc2c(Cl)cc(NC(=O)N3CC[C@@H](NC(C)=O)C3)cc2c1C. The van der Waals surface area contributed by atoms with Gasteiger partial charge in [0.1, 0.15) is 5.76 Å². The summed E-state index contributed by atoms with van der Waals surface area (Å²) in [4.78, 5) is 25.3. The van der Waals surface area contributed by atoms with Gasteiger partial charge in [-0.1, -0.05) is 18.5 Å². The molecule has 2 aromatic rings. The van der Waals surface area contributed by atoms with Crippen molar-refractivity contribution in [3.8, 4) is 0 Å². The van der Waals surface area contributed by atoms with E-state index < -0.39 is 0 Å². The maximum atomic E-state index is 12.5. The molecule has 0 aliphatic carbocycles. The molecule has 1 aromatic carbocycles. The summed E-state index contributed by atoms with van der Waals surface area (Å²) in [5.41, 5.74) is 2.33. The van der Waals surface area contributed by atoms with Crippen LogP contribution in [0.15, 0.2) is 16.5 Å². The van der Waals surface area contributed by atoms with Crippen molar-refractivity contribution >= 4 is 40.2 Å². The van der Waals surface area contributed by atoms with Crippen LogP contribution in [0.2, 0.25) is 5.02 Å². The number of urea groups is 1. The first-order chi connectivity index (χ1) is 11.9. The number of nitrogens with one attached hydrogen (secondary N) is 2. The van der Waals surface area contributed by atoms with Gasteiger partial charge in [0.05, 0.1) is 5.02 Å². The molecule has 0 bridgehead atoms. The summed E-state index contributed by atoms with van der Waals surface area (Å²) in [7, 11) is 0. The van der Waals surface area contributed by atoms with E-state index in [-0.39, 0.29) is 18.0 Å². The van der Waals surface area contributed by atoms with Crippen LogP contribution >= 0.6 is 11.6 Å². The second-order valence-electron chi connectivity index (χ2n) is 6.40. The Balaban J connectivity index is 1.75. The number of hydrogen-bond donors (Lipinski definition) is 2. The predicted octanol–water partition coefficient (Wildman–Crippen LogP) is 3.70. The number of halogens is 1. The third kappa shape index (κ3) is 3.58. The van der Waals surface area contributed by atoms with Crippen LogP contribution in [0.25, 0.3) is 11.0 Å². The van der Waals surface area contributed by atoms with Crippen molar-refractivity contribution in [3.05, 3.63) is 28.5 Å². The van der Waals surface area contributed by atoms with Gasteiger partial charge in [0.15, 0.2) is 5.58 Å². The molecule has 2 N–H and O–H groups in total. The minimum Gasteiger partial charge on any atom is -0.459 e. The van der Waals surface area contributed by atoms with Crippen LogP contribution in [0, 0.1) is 6.92 Å². The summed E-state index contributed by atoms with van der Waals surface area (Å²) in [5, 5.41) is 7.13. The van der Waals surface area contributed by atoms with Crippen molar-refractivity contribution in [2.75, 3.05) is 18.4 Å². The molecular weight excluding hydrogens is 342 g/mol. The smallest absolute Gasteiger partial charge is 0.321 e. The number of amides is 3. The Morgan fingerprint density at radius 2 is 2.16 bits per heavy atom. The van der Waals surface area contributed by atoms with Gasteiger partial charge in [-0.25, -0.2) is 4.79 Å². The maximum Gasteiger partial charge on any atom is 0.321 e. The summed E-state index contributed by atoms with van der Waals surface area (Å²) in [6, 6.07) is 3.40. The summed E-state index contributed by atoms with van der Waals surface area (Å²) < 4.78 is 5.79. The van der Waals surface area contributed by atoms with Gasteiger partial charge < -0.3 is 20.0 Å². The molecule has 0 saturated carbocycles. The molecule has 1 fully saturated rings. The van der Waals surface area contributed by atoms with Crippen molar-refractivity contribution in [1.82, 2.24) is 10.2 Å². The molecule has 2 heterocycles. The Morgan fingerprint density at radius 3 is 2.84 bits per heavy atom. The third-order valence-electron chi connectivity index (χ3n) is 4.55. The Kier molecular flexibility index (Phi) is 4.90. The van der Waals surface area contributed by atoms with Crippen LogP contribution in [0.5, 0.6) is 0 Å². The number of furan rings is 1. The molecule has 1 aliphatic rings. The van der Waals surface area contributed by atoms with E-state index >= 15 is 0 Å². The molecule has 134 valence electrons. The molecule has 7 heteroatoms. The lowest BCUT2D eigenvalue weighted by Gasteiger charge is -2.18. The third-order valence-corrected chi connectivity index (χ3v) is 4.83. The molecule has 6 nitrogen and oxygen atoms in total. The van der Waals surface area contributed by atoms with Gasteiger partial charge >= 0.3 is 6.03 Å². The summed E-state index contributed by atoms with van der Waals surface area (Å²) in [6.07, 6.45) is 1.55. The summed E-state index contributed by atoms with van der Waals surface area (Å²) in [6.45, 7) is 6.62. The van der Waals surface area contributed by atoms with E-state index in [2.05, 4.69) is 10.6 Å². The lowest BCUT2D eigenvalue weighted by atomic mass is 10.1. The van der Waals surface area contributed by atoms with Crippen LogP contribution in [-0.4, -0.2) is 36.0 Å².